The van der Waals surface area contributed by atoms with Crippen molar-refractivity contribution in [1.29, 1.82) is 0 Å². The molecule has 104 valence electrons. The maximum atomic E-state index is 11.9. The molecule has 0 radical (unpaired) electrons. The van der Waals surface area contributed by atoms with E-state index in [0.717, 1.165) is 43.7 Å². The first-order valence-corrected chi connectivity index (χ1v) is 7.19. The molecule has 0 bridgehead atoms. The van der Waals surface area contributed by atoms with Gasteiger partial charge < -0.3 is 10.2 Å². The first-order chi connectivity index (χ1) is 9.22. The van der Waals surface area contributed by atoms with Crippen molar-refractivity contribution < 1.29 is 4.79 Å². The lowest BCUT2D eigenvalue weighted by Crippen LogP contribution is -2.24. The minimum atomic E-state index is 0.286. The Morgan fingerprint density at radius 2 is 2.26 bits per heavy atom. The molecule has 1 aromatic heterocycles. The normalized spacial score (nSPS) is 18.9. The van der Waals surface area contributed by atoms with Gasteiger partial charge in [0, 0.05) is 32.3 Å². The third-order valence-electron chi connectivity index (χ3n) is 3.55. The molecular weight excluding hydrogens is 238 g/mol. The Morgan fingerprint density at radius 1 is 1.42 bits per heavy atom. The van der Waals surface area contributed by atoms with Crippen molar-refractivity contribution in [2.24, 2.45) is 5.92 Å². The number of anilines is 1. The number of nitrogens with one attached hydrogen (secondary N) is 1. The monoisotopic (exact) mass is 261 g/mol. The van der Waals surface area contributed by atoms with Crippen LogP contribution in [0.2, 0.25) is 0 Å². The molecule has 1 fully saturated rings. The molecule has 0 aromatic carbocycles. The molecule has 1 N–H and O–H groups in total. The Balaban J connectivity index is 1.92. The first kappa shape index (κ1) is 13.8. The molecule has 19 heavy (non-hydrogen) atoms. The van der Waals surface area contributed by atoms with E-state index >= 15 is 0 Å². The van der Waals surface area contributed by atoms with Crippen molar-refractivity contribution >= 4 is 11.7 Å². The summed E-state index contributed by atoms with van der Waals surface area (Å²) in [5, 5.41) is 3.17. The SMILES string of the molecule is CCCC1CC(=O)N(Cc2ccc(NCC)nc2)C1. The fourth-order valence-corrected chi connectivity index (χ4v) is 2.63. The average molecular weight is 261 g/mol. The zero-order valence-corrected chi connectivity index (χ0v) is 11.9. The maximum absolute atomic E-state index is 11.9. The molecule has 1 aromatic rings. The molecule has 1 aliphatic rings. The molecule has 1 aliphatic heterocycles. The minimum Gasteiger partial charge on any atom is -0.370 e. The lowest BCUT2D eigenvalue weighted by atomic mass is 10.0. The molecule has 1 unspecified atom stereocenters. The van der Waals surface area contributed by atoms with Gasteiger partial charge in [-0.15, -0.1) is 0 Å². The number of hydrogen-bond acceptors (Lipinski definition) is 3. The van der Waals surface area contributed by atoms with Crippen LogP contribution in [0.3, 0.4) is 0 Å². The summed E-state index contributed by atoms with van der Waals surface area (Å²) in [4.78, 5) is 18.2. The van der Waals surface area contributed by atoms with Gasteiger partial charge in [0.2, 0.25) is 5.91 Å². The number of nitrogens with zero attached hydrogens (tertiary/aromatic N) is 2. The van der Waals surface area contributed by atoms with Crippen LogP contribution in [0.25, 0.3) is 0 Å². The maximum Gasteiger partial charge on any atom is 0.223 e. The molecule has 0 aliphatic carbocycles. The quantitative estimate of drug-likeness (QED) is 0.856. The van der Waals surface area contributed by atoms with Gasteiger partial charge in [-0.1, -0.05) is 19.4 Å². The first-order valence-electron chi connectivity index (χ1n) is 7.19. The predicted molar refractivity (Wildman–Crippen MR) is 76.8 cm³/mol. The van der Waals surface area contributed by atoms with E-state index in [1.54, 1.807) is 0 Å². The highest BCUT2D eigenvalue weighted by atomic mass is 16.2. The Labute approximate surface area is 115 Å². The molecule has 4 heteroatoms. The van der Waals surface area contributed by atoms with Crippen LogP contribution in [-0.2, 0) is 11.3 Å². The summed E-state index contributed by atoms with van der Waals surface area (Å²) in [6.45, 7) is 6.69. The van der Waals surface area contributed by atoms with Gasteiger partial charge in [-0.2, -0.15) is 0 Å². The van der Waals surface area contributed by atoms with E-state index in [1.165, 1.54) is 0 Å². The molecule has 1 atom stereocenters. The Kier molecular flexibility index (Phi) is 4.77. The Hall–Kier alpha value is -1.58. The summed E-state index contributed by atoms with van der Waals surface area (Å²) in [6, 6.07) is 4.02. The van der Waals surface area contributed by atoms with E-state index < -0.39 is 0 Å². The van der Waals surface area contributed by atoms with Crippen LogP contribution in [-0.4, -0.2) is 28.9 Å². The summed E-state index contributed by atoms with van der Waals surface area (Å²) >= 11 is 0. The van der Waals surface area contributed by atoms with Gasteiger partial charge in [0.25, 0.3) is 0 Å². The number of likely N-dealkylation sites (tertiary alicyclic amines) is 1. The third kappa shape index (κ3) is 3.69. The summed E-state index contributed by atoms with van der Waals surface area (Å²) < 4.78 is 0. The highest BCUT2D eigenvalue weighted by molar-refractivity contribution is 5.78. The van der Waals surface area contributed by atoms with Crippen molar-refractivity contribution in [2.75, 3.05) is 18.4 Å². The van der Waals surface area contributed by atoms with Gasteiger partial charge >= 0.3 is 0 Å². The van der Waals surface area contributed by atoms with Crippen LogP contribution < -0.4 is 5.32 Å². The van der Waals surface area contributed by atoms with Crippen LogP contribution in [0.4, 0.5) is 5.82 Å². The Morgan fingerprint density at radius 3 is 2.89 bits per heavy atom. The molecule has 1 amide bonds. The van der Waals surface area contributed by atoms with Gasteiger partial charge in [0.1, 0.15) is 5.82 Å². The fourth-order valence-electron chi connectivity index (χ4n) is 2.63. The topological polar surface area (TPSA) is 45.2 Å². The van der Waals surface area contributed by atoms with Crippen LogP contribution in [0.15, 0.2) is 18.3 Å². The molecule has 4 nitrogen and oxygen atoms in total. The van der Waals surface area contributed by atoms with Crippen molar-refractivity contribution in [1.82, 2.24) is 9.88 Å². The number of pyridine rings is 1. The second-order valence-electron chi connectivity index (χ2n) is 5.22. The van der Waals surface area contributed by atoms with Crippen molar-refractivity contribution in [3.8, 4) is 0 Å². The third-order valence-corrected chi connectivity index (χ3v) is 3.55. The number of rotatable bonds is 6. The van der Waals surface area contributed by atoms with Gasteiger partial charge in [0.05, 0.1) is 0 Å². The van der Waals surface area contributed by atoms with Gasteiger partial charge in [-0.25, -0.2) is 4.98 Å². The van der Waals surface area contributed by atoms with Crippen molar-refractivity contribution in [3.05, 3.63) is 23.9 Å². The zero-order valence-electron chi connectivity index (χ0n) is 11.9. The average Bonchev–Trinajstić information content (AvgIpc) is 2.73. The molecule has 1 saturated heterocycles. The van der Waals surface area contributed by atoms with E-state index in [-0.39, 0.29) is 5.91 Å². The minimum absolute atomic E-state index is 0.286. The van der Waals surface area contributed by atoms with Gasteiger partial charge in [-0.3, -0.25) is 4.79 Å². The van der Waals surface area contributed by atoms with E-state index in [9.17, 15) is 4.79 Å². The highest BCUT2D eigenvalue weighted by Gasteiger charge is 2.28. The molecule has 0 saturated carbocycles. The van der Waals surface area contributed by atoms with Crippen LogP contribution >= 0.6 is 0 Å². The number of carbonyl (C=O) groups excluding carboxylic acids is 1. The van der Waals surface area contributed by atoms with Crippen LogP contribution in [0.5, 0.6) is 0 Å². The van der Waals surface area contributed by atoms with Crippen LogP contribution in [0.1, 0.15) is 38.7 Å². The standard InChI is InChI=1S/C15H23N3O/c1-3-5-12-8-15(19)18(10-12)11-13-6-7-14(16-4-2)17-9-13/h6-7,9,12H,3-5,8,10-11H2,1-2H3,(H,16,17). The van der Waals surface area contributed by atoms with Gasteiger partial charge in [-0.05, 0) is 30.9 Å². The predicted octanol–water partition coefficient (Wildman–Crippen LogP) is 2.66. The van der Waals surface area contributed by atoms with E-state index in [1.807, 2.05) is 30.2 Å². The largest absolute Gasteiger partial charge is 0.370 e. The second-order valence-corrected chi connectivity index (χ2v) is 5.22. The fraction of sp³-hybridized carbons (Fsp3) is 0.600. The summed E-state index contributed by atoms with van der Waals surface area (Å²) in [5.41, 5.74) is 1.10. The number of amides is 1. The summed E-state index contributed by atoms with van der Waals surface area (Å²) in [6.07, 6.45) is 4.89. The lowest BCUT2D eigenvalue weighted by Gasteiger charge is -2.16. The molecule has 2 heterocycles. The smallest absolute Gasteiger partial charge is 0.223 e. The van der Waals surface area contributed by atoms with Gasteiger partial charge in [0.15, 0.2) is 0 Å². The molecular formula is C15H23N3O. The highest BCUT2D eigenvalue weighted by Crippen LogP contribution is 2.23. The van der Waals surface area contributed by atoms with E-state index in [2.05, 4.69) is 17.2 Å². The molecule has 2 rings (SSSR count). The number of aromatic nitrogens is 1. The summed E-state index contributed by atoms with van der Waals surface area (Å²) in [7, 11) is 0. The summed E-state index contributed by atoms with van der Waals surface area (Å²) in [5.74, 6) is 1.73. The van der Waals surface area contributed by atoms with Crippen molar-refractivity contribution in [2.45, 2.75) is 39.7 Å². The molecule has 0 spiro atoms. The van der Waals surface area contributed by atoms with E-state index in [4.69, 9.17) is 0 Å². The zero-order chi connectivity index (χ0) is 13.7. The second kappa shape index (κ2) is 6.55. The number of hydrogen-bond donors (Lipinski definition) is 1. The lowest BCUT2D eigenvalue weighted by molar-refractivity contribution is -0.128. The van der Waals surface area contributed by atoms with Crippen LogP contribution in [0, 0.1) is 5.92 Å². The van der Waals surface area contributed by atoms with Crippen molar-refractivity contribution in [3.63, 3.8) is 0 Å². The number of carbonyl (C=O) groups is 1. The van der Waals surface area contributed by atoms with E-state index in [0.29, 0.717) is 12.5 Å². The Bertz CT molecular complexity index is 416.